The van der Waals surface area contributed by atoms with Crippen LogP contribution in [0.5, 0.6) is 0 Å². The second kappa shape index (κ2) is 9.23. The maximum absolute atomic E-state index is 12.9. The largest absolute Gasteiger partial charge is 0.349 e. The number of aromatic nitrogens is 6. The van der Waals surface area contributed by atoms with Crippen LogP contribution in [0, 0.1) is 0 Å². The highest BCUT2D eigenvalue weighted by Gasteiger charge is 2.22. The summed E-state index contributed by atoms with van der Waals surface area (Å²) in [7, 11) is 0. The van der Waals surface area contributed by atoms with Gasteiger partial charge in [-0.25, -0.2) is 9.48 Å². The van der Waals surface area contributed by atoms with Crippen molar-refractivity contribution in [2.75, 3.05) is 0 Å². The van der Waals surface area contributed by atoms with Gasteiger partial charge < -0.3 is 5.32 Å². The molecular formula is C24H25N7O2. The number of nitrogens with one attached hydrogen (secondary N) is 1. The summed E-state index contributed by atoms with van der Waals surface area (Å²) in [6, 6.07) is 13.2. The van der Waals surface area contributed by atoms with Crippen molar-refractivity contribution in [2.45, 2.75) is 44.9 Å². The van der Waals surface area contributed by atoms with Crippen molar-refractivity contribution < 1.29 is 4.79 Å². The van der Waals surface area contributed by atoms with E-state index in [1.807, 2.05) is 53.3 Å². The molecule has 1 atom stereocenters. The number of hydrogen-bond acceptors (Lipinski definition) is 5. The topological polar surface area (TPSA) is 99.6 Å². The molecule has 1 unspecified atom stereocenters. The molecule has 4 aromatic rings. The highest BCUT2D eigenvalue weighted by molar-refractivity contribution is 5.94. The van der Waals surface area contributed by atoms with Gasteiger partial charge in [0.2, 0.25) is 0 Å². The van der Waals surface area contributed by atoms with E-state index in [0.717, 1.165) is 23.4 Å². The van der Waals surface area contributed by atoms with E-state index in [-0.39, 0.29) is 17.6 Å². The second-order valence-corrected chi connectivity index (χ2v) is 8.27. The second-order valence-electron chi connectivity index (χ2n) is 8.27. The molecule has 1 aliphatic rings. The highest BCUT2D eigenvalue weighted by Crippen LogP contribution is 2.14. The lowest BCUT2D eigenvalue weighted by molar-refractivity contribution is 0.0932. The smallest absolute Gasteiger partial charge is 0.346 e. The molecular weight excluding hydrogens is 418 g/mol. The molecule has 0 spiro atoms. The molecule has 9 heteroatoms. The van der Waals surface area contributed by atoms with E-state index in [2.05, 4.69) is 20.5 Å². The summed E-state index contributed by atoms with van der Waals surface area (Å²) < 4.78 is 5.05. The van der Waals surface area contributed by atoms with Crippen LogP contribution in [-0.4, -0.2) is 41.1 Å². The Morgan fingerprint density at radius 3 is 2.79 bits per heavy atom. The minimum Gasteiger partial charge on any atom is -0.349 e. The lowest BCUT2D eigenvalue weighted by Gasteiger charge is -2.16. The van der Waals surface area contributed by atoms with E-state index in [0.29, 0.717) is 38.0 Å². The predicted octanol–water partition coefficient (Wildman–Crippen LogP) is 1.87. The molecule has 1 N–H and O–H groups in total. The molecule has 0 fully saturated rings. The van der Waals surface area contributed by atoms with Crippen molar-refractivity contribution in [3.63, 3.8) is 0 Å². The summed E-state index contributed by atoms with van der Waals surface area (Å²) >= 11 is 0. The van der Waals surface area contributed by atoms with Gasteiger partial charge in [0.15, 0.2) is 0 Å². The average Bonchev–Trinajstić information content (AvgIpc) is 3.39. The molecule has 5 rings (SSSR count). The molecule has 0 bridgehead atoms. The normalized spacial score (nSPS) is 15.6. The van der Waals surface area contributed by atoms with Gasteiger partial charge in [-0.15, -0.1) is 0 Å². The number of pyridine rings is 1. The maximum Gasteiger partial charge on any atom is 0.346 e. The summed E-state index contributed by atoms with van der Waals surface area (Å²) in [6.07, 6.45) is 9.14. The van der Waals surface area contributed by atoms with E-state index < -0.39 is 0 Å². The van der Waals surface area contributed by atoms with E-state index >= 15 is 0 Å². The van der Waals surface area contributed by atoms with Crippen LogP contribution in [0.1, 0.15) is 40.2 Å². The van der Waals surface area contributed by atoms with Crippen LogP contribution in [0.2, 0.25) is 0 Å². The van der Waals surface area contributed by atoms with Gasteiger partial charge in [-0.1, -0.05) is 18.2 Å². The first kappa shape index (κ1) is 20.9. The van der Waals surface area contributed by atoms with Crippen molar-refractivity contribution in [3.05, 3.63) is 100 Å². The Bertz CT molecular complexity index is 1290. The standard InChI is InChI=1S/C24H25N7O2/c32-23(20-6-1-4-18(14-20)16-29-12-3-11-26-29)27-21-7-8-22-28-31(24(33)30(22)13-9-21)17-19-5-2-10-25-15-19/h1-6,10-12,14-15,21H,7-9,13,16-17H2,(H,27,32). The lowest BCUT2D eigenvalue weighted by Crippen LogP contribution is -2.36. The average molecular weight is 444 g/mol. The number of benzene rings is 1. The van der Waals surface area contributed by atoms with Gasteiger partial charge in [0.05, 0.1) is 13.1 Å². The highest BCUT2D eigenvalue weighted by atomic mass is 16.2. The number of amides is 1. The summed E-state index contributed by atoms with van der Waals surface area (Å²) in [5.41, 5.74) is 2.46. The molecule has 0 radical (unpaired) electrons. The zero-order chi connectivity index (χ0) is 22.6. The number of fused-ring (bicyclic) bond motifs is 1. The Morgan fingerprint density at radius 1 is 1.06 bits per heavy atom. The fourth-order valence-corrected chi connectivity index (χ4v) is 4.20. The van der Waals surface area contributed by atoms with Gasteiger partial charge in [-0.2, -0.15) is 10.2 Å². The third-order valence-electron chi connectivity index (χ3n) is 5.90. The number of carbonyl (C=O) groups excluding carboxylic acids is 1. The first-order valence-electron chi connectivity index (χ1n) is 11.1. The Labute approximate surface area is 190 Å². The Kier molecular flexibility index (Phi) is 5.84. The van der Waals surface area contributed by atoms with Crippen molar-refractivity contribution in [1.82, 2.24) is 34.4 Å². The van der Waals surface area contributed by atoms with Crippen LogP contribution in [0.25, 0.3) is 0 Å². The minimum atomic E-state index is -0.118. The van der Waals surface area contributed by atoms with Crippen molar-refractivity contribution >= 4 is 5.91 Å². The zero-order valence-electron chi connectivity index (χ0n) is 18.2. The van der Waals surface area contributed by atoms with E-state index in [9.17, 15) is 9.59 Å². The molecule has 1 aromatic carbocycles. The minimum absolute atomic E-state index is 0.0138. The van der Waals surface area contributed by atoms with Gasteiger partial charge >= 0.3 is 5.69 Å². The van der Waals surface area contributed by atoms with Crippen molar-refractivity contribution in [2.24, 2.45) is 0 Å². The zero-order valence-corrected chi connectivity index (χ0v) is 18.2. The maximum atomic E-state index is 12.9. The first-order chi connectivity index (χ1) is 16.2. The fourth-order valence-electron chi connectivity index (χ4n) is 4.20. The Hall–Kier alpha value is -4.01. The monoisotopic (exact) mass is 443 g/mol. The van der Waals surface area contributed by atoms with E-state index in [4.69, 9.17) is 0 Å². The molecule has 1 amide bonds. The van der Waals surface area contributed by atoms with E-state index in [1.54, 1.807) is 23.2 Å². The predicted molar refractivity (Wildman–Crippen MR) is 122 cm³/mol. The first-order valence-corrected chi connectivity index (χ1v) is 11.1. The number of carbonyl (C=O) groups is 1. The van der Waals surface area contributed by atoms with Crippen LogP contribution in [0.4, 0.5) is 0 Å². The summed E-state index contributed by atoms with van der Waals surface area (Å²) in [5, 5.41) is 11.9. The molecule has 0 saturated heterocycles. The fraction of sp³-hybridized carbons (Fsp3) is 0.292. The molecule has 0 aliphatic carbocycles. The third-order valence-corrected chi connectivity index (χ3v) is 5.90. The number of hydrogen-bond donors (Lipinski definition) is 1. The van der Waals surface area contributed by atoms with Crippen LogP contribution >= 0.6 is 0 Å². The molecule has 0 saturated carbocycles. The molecule has 33 heavy (non-hydrogen) atoms. The van der Waals surface area contributed by atoms with Gasteiger partial charge in [-0.3, -0.25) is 19.0 Å². The number of nitrogens with zero attached hydrogens (tertiary/aromatic N) is 6. The SMILES string of the molecule is O=C(NC1CCc2nn(Cc3cccnc3)c(=O)n2CC1)c1cccc(Cn2cccn2)c1. The van der Waals surface area contributed by atoms with Gasteiger partial charge in [0.25, 0.3) is 5.91 Å². The third kappa shape index (κ3) is 4.77. The summed E-state index contributed by atoms with van der Waals surface area (Å²) in [5.74, 6) is 0.665. The van der Waals surface area contributed by atoms with E-state index in [1.165, 1.54) is 4.68 Å². The lowest BCUT2D eigenvalue weighted by atomic mass is 10.1. The van der Waals surface area contributed by atoms with Gasteiger partial charge in [0, 0.05) is 49.4 Å². The van der Waals surface area contributed by atoms with Gasteiger partial charge in [-0.05, 0) is 48.2 Å². The van der Waals surface area contributed by atoms with Crippen LogP contribution in [0.15, 0.2) is 72.0 Å². The van der Waals surface area contributed by atoms with Gasteiger partial charge in [0.1, 0.15) is 5.82 Å². The molecule has 4 heterocycles. The quantitative estimate of drug-likeness (QED) is 0.490. The van der Waals surface area contributed by atoms with Crippen molar-refractivity contribution in [3.8, 4) is 0 Å². The number of rotatable bonds is 6. The summed E-state index contributed by atoms with van der Waals surface area (Å²) in [4.78, 5) is 29.8. The molecule has 9 nitrogen and oxygen atoms in total. The Balaban J connectivity index is 1.22. The summed E-state index contributed by atoms with van der Waals surface area (Å²) in [6.45, 7) is 1.55. The van der Waals surface area contributed by atoms with Crippen LogP contribution < -0.4 is 11.0 Å². The molecule has 1 aliphatic heterocycles. The van der Waals surface area contributed by atoms with Crippen LogP contribution in [-0.2, 0) is 26.1 Å². The molecule has 3 aromatic heterocycles. The van der Waals surface area contributed by atoms with Crippen LogP contribution in [0.3, 0.4) is 0 Å². The molecule has 168 valence electrons. The number of aryl methyl sites for hydroxylation is 1. The Morgan fingerprint density at radius 2 is 1.97 bits per heavy atom. The van der Waals surface area contributed by atoms with Crippen molar-refractivity contribution in [1.29, 1.82) is 0 Å².